The molecule has 1 amide bonds. The number of benzene rings is 1. The summed E-state index contributed by atoms with van der Waals surface area (Å²) >= 11 is 1.62. The first-order chi connectivity index (χ1) is 10.7. The zero-order valence-electron chi connectivity index (χ0n) is 12.7. The van der Waals surface area contributed by atoms with Crippen LogP contribution in [0.25, 0.3) is 0 Å². The van der Waals surface area contributed by atoms with Crippen molar-refractivity contribution in [2.75, 3.05) is 11.7 Å². The molecule has 0 unspecified atom stereocenters. The molecule has 116 valence electrons. The number of rotatable bonds is 8. The van der Waals surface area contributed by atoms with Gasteiger partial charge in [0.05, 0.1) is 12.3 Å². The highest BCUT2D eigenvalue weighted by Gasteiger charge is 2.20. The molecule has 2 aromatic rings. The Bertz CT molecular complexity index is 640. The van der Waals surface area contributed by atoms with Crippen molar-refractivity contribution in [2.24, 2.45) is 7.05 Å². The van der Waals surface area contributed by atoms with Crippen LogP contribution in [0.2, 0.25) is 0 Å². The Morgan fingerprint density at radius 1 is 1.41 bits per heavy atom. The number of carbonyl (C=O) groups is 1. The van der Waals surface area contributed by atoms with Crippen LogP contribution in [0.15, 0.2) is 48.0 Å². The van der Waals surface area contributed by atoms with Crippen LogP contribution in [0.4, 0.5) is 5.69 Å². The Labute approximate surface area is 134 Å². The quantitative estimate of drug-likeness (QED) is 0.325. The van der Waals surface area contributed by atoms with E-state index in [-0.39, 0.29) is 6.61 Å². The number of hydroxylamine groups is 1. The normalized spacial score (nSPS) is 10.5. The van der Waals surface area contributed by atoms with Gasteiger partial charge in [0.1, 0.15) is 10.7 Å². The summed E-state index contributed by atoms with van der Waals surface area (Å²) in [7, 11) is 1.86. The molecule has 1 heterocycles. The molecule has 1 aromatic carbocycles. The molecule has 0 aliphatic heterocycles. The lowest BCUT2D eigenvalue weighted by atomic mass is 10.2. The summed E-state index contributed by atoms with van der Waals surface area (Å²) in [6, 6.07) is 10.2. The van der Waals surface area contributed by atoms with Crippen molar-refractivity contribution in [2.45, 2.75) is 17.7 Å². The van der Waals surface area contributed by atoms with E-state index >= 15 is 0 Å². The third-order valence-electron chi connectivity index (χ3n) is 3.01. The molecule has 0 aliphatic rings. The van der Waals surface area contributed by atoms with Crippen LogP contribution >= 0.6 is 11.8 Å². The average molecular weight is 317 g/mol. The maximum atomic E-state index is 11.3. The van der Waals surface area contributed by atoms with Gasteiger partial charge in [0.25, 0.3) is 0 Å². The number of carbonyl (C=O) groups excluding carboxylic acids is 1. The maximum absolute atomic E-state index is 11.3. The molecule has 0 aliphatic carbocycles. The third-order valence-corrected chi connectivity index (χ3v) is 4.21. The van der Waals surface area contributed by atoms with Gasteiger partial charge in [-0.3, -0.25) is 14.3 Å². The molecule has 22 heavy (non-hydrogen) atoms. The highest BCUT2D eigenvalue weighted by Crippen LogP contribution is 2.34. The van der Waals surface area contributed by atoms with E-state index in [4.69, 9.17) is 4.84 Å². The molecule has 0 bridgehead atoms. The Kier molecular flexibility index (Phi) is 5.80. The first-order valence-electron chi connectivity index (χ1n) is 6.86. The van der Waals surface area contributed by atoms with Gasteiger partial charge in [-0.25, -0.2) is 0 Å². The van der Waals surface area contributed by atoms with Gasteiger partial charge in [0.15, 0.2) is 0 Å². The van der Waals surface area contributed by atoms with E-state index in [1.165, 1.54) is 10.6 Å². The van der Waals surface area contributed by atoms with Crippen LogP contribution in [-0.4, -0.2) is 22.8 Å². The number of hydrogen-bond donors (Lipinski definition) is 0. The Morgan fingerprint density at radius 2 is 2.14 bits per heavy atom. The molecule has 0 spiro atoms. The Hall–Kier alpha value is -2.05. The molecular formula is C16H19N3O2S. The number of aromatic nitrogens is 2. The molecule has 0 N–H and O–H groups in total. The second kappa shape index (κ2) is 7.82. The van der Waals surface area contributed by atoms with E-state index in [0.29, 0.717) is 12.1 Å². The van der Waals surface area contributed by atoms with Crippen molar-refractivity contribution in [3.05, 3.63) is 54.2 Å². The number of nitrogens with zero attached hydrogens (tertiary/aromatic N) is 3. The maximum Gasteiger partial charge on any atom is 0.238 e. The fourth-order valence-electron chi connectivity index (χ4n) is 2.05. The van der Waals surface area contributed by atoms with Gasteiger partial charge in [-0.1, -0.05) is 48.2 Å². The molecule has 0 saturated heterocycles. The van der Waals surface area contributed by atoms with Crippen LogP contribution in [0, 0.1) is 6.92 Å². The number of anilines is 1. The van der Waals surface area contributed by atoms with Crippen LogP contribution in [0.3, 0.4) is 0 Å². The van der Waals surface area contributed by atoms with Crippen molar-refractivity contribution in [3.8, 4) is 0 Å². The Balaban J connectivity index is 2.22. The second-order valence-corrected chi connectivity index (χ2v) is 5.62. The number of amides is 1. The molecule has 1 aromatic heterocycles. The molecule has 2 rings (SSSR count). The molecule has 0 saturated carbocycles. The lowest BCUT2D eigenvalue weighted by molar-refractivity contribution is -0.113. The molecule has 0 radical (unpaired) electrons. The number of thioether (sulfide) groups is 1. The van der Waals surface area contributed by atoms with E-state index in [2.05, 4.69) is 23.8 Å². The first kappa shape index (κ1) is 16.3. The third kappa shape index (κ3) is 3.78. The van der Waals surface area contributed by atoms with Gasteiger partial charge in [-0.15, -0.1) is 6.58 Å². The molecule has 6 heteroatoms. The van der Waals surface area contributed by atoms with Crippen LogP contribution < -0.4 is 5.06 Å². The SMILES string of the molecule is C=CCON(C=O)c1c(C)nn(C)c1SCc1ccccc1. The lowest BCUT2D eigenvalue weighted by Gasteiger charge is -2.17. The summed E-state index contributed by atoms with van der Waals surface area (Å²) < 4.78 is 1.77. The summed E-state index contributed by atoms with van der Waals surface area (Å²) in [6.45, 7) is 5.71. The standard InChI is InChI=1S/C16H19N3O2S/c1-4-10-21-19(12-20)15-13(2)17-18(3)16(15)22-11-14-8-6-5-7-9-14/h4-9,12H,1,10-11H2,2-3H3. The summed E-state index contributed by atoms with van der Waals surface area (Å²) in [6.07, 6.45) is 2.25. The van der Waals surface area contributed by atoms with Crippen molar-refractivity contribution >= 4 is 23.9 Å². The fraction of sp³-hybridized carbons (Fsp3) is 0.250. The highest BCUT2D eigenvalue weighted by molar-refractivity contribution is 7.98. The van der Waals surface area contributed by atoms with Gasteiger partial charge >= 0.3 is 0 Å². The lowest BCUT2D eigenvalue weighted by Crippen LogP contribution is -2.22. The summed E-state index contributed by atoms with van der Waals surface area (Å²) in [5.74, 6) is 0.793. The number of hydrogen-bond acceptors (Lipinski definition) is 4. The van der Waals surface area contributed by atoms with Crippen LogP contribution in [-0.2, 0) is 22.4 Å². The van der Waals surface area contributed by atoms with Gasteiger partial charge in [0, 0.05) is 12.8 Å². The smallest absolute Gasteiger partial charge is 0.238 e. The fourth-order valence-corrected chi connectivity index (χ4v) is 3.15. The molecule has 0 atom stereocenters. The van der Waals surface area contributed by atoms with Gasteiger partial charge < -0.3 is 0 Å². The zero-order valence-corrected chi connectivity index (χ0v) is 13.5. The van der Waals surface area contributed by atoms with E-state index in [0.717, 1.165) is 16.5 Å². The van der Waals surface area contributed by atoms with Crippen LogP contribution in [0.1, 0.15) is 11.3 Å². The van der Waals surface area contributed by atoms with Gasteiger partial charge in [0.2, 0.25) is 6.41 Å². The van der Waals surface area contributed by atoms with E-state index in [1.807, 2.05) is 32.2 Å². The van der Waals surface area contributed by atoms with Crippen molar-refractivity contribution in [3.63, 3.8) is 0 Å². The Morgan fingerprint density at radius 3 is 2.77 bits per heavy atom. The van der Waals surface area contributed by atoms with Crippen molar-refractivity contribution in [1.82, 2.24) is 9.78 Å². The molecular weight excluding hydrogens is 298 g/mol. The minimum absolute atomic E-state index is 0.260. The van der Waals surface area contributed by atoms with E-state index < -0.39 is 0 Å². The summed E-state index contributed by atoms with van der Waals surface area (Å²) in [4.78, 5) is 16.7. The highest BCUT2D eigenvalue weighted by atomic mass is 32.2. The van der Waals surface area contributed by atoms with Crippen LogP contribution in [0.5, 0.6) is 0 Å². The predicted octanol–water partition coefficient (Wildman–Crippen LogP) is 3.10. The molecule has 0 fully saturated rings. The predicted molar refractivity (Wildman–Crippen MR) is 88.6 cm³/mol. The van der Waals surface area contributed by atoms with E-state index in [1.54, 1.807) is 22.5 Å². The molecule has 5 nitrogen and oxygen atoms in total. The summed E-state index contributed by atoms with van der Waals surface area (Å²) in [5.41, 5.74) is 2.64. The zero-order chi connectivity index (χ0) is 15.9. The minimum atomic E-state index is 0.260. The van der Waals surface area contributed by atoms with E-state index in [9.17, 15) is 4.79 Å². The average Bonchev–Trinajstić information content (AvgIpc) is 2.81. The topological polar surface area (TPSA) is 47.4 Å². The second-order valence-electron chi connectivity index (χ2n) is 4.65. The minimum Gasteiger partial charge on any atom is -0.276 e. The van der Waals surface area contributed by atoms with Crippen molar-refractivity contribution < 1.29 is 9.63 Å². The van der Waals surface area contributed by atoms with Gasteiger partial charge in [-0.05, 0) is 12.5 Å². The largest absolute Gasteiger partial charge is 0.276 e. The first-order valence-corrected chi connectivity index (χ1v) is 7.84. The summed E-state index contributed by atoms with van der Waals surface area (Å²) in [5, 5.41) is 6.50. The van der Waals surface area contributed by atoms with Crippen molar-refractivity contribution in [1.29, 1.82) is 0 Å². The number of aryl methyl sites for hydroxylation is 2. The van der Waals surface area contributed by atoms with Gasteiger partial charge in [-0.2, -0.15) is 10.2 Å². The monoisotopic (exact) mass is 317 g/mol.